The highest BCUT2D eigenvalue weighted by molar-refractivity contribution is 6.01. The molecule has 5 rings (SSSR count). The third kappa shape index (κ3) is 2.19. The van der Waals surface area contributed by atoms with Gasteiger partial charge in [0.2, 0.25) is 0 Å². The van der Waals surface area contributed by atoms with Crippen molar-refractivity contribution in [3.8, 4) is 0 Å². The lowest BCUT2D eigenvalue weighted by Gasteiger charge is -2.13. The lowest BCUT2D eigenvalue weighted by atomic mass is 9.99. The lowest BCUT2D eigenvalue weighted by molar-refractivity contribution is 0.897. The fourth-order valence-electron chi connectivity index (χ4n) is 5.29. The Kier molecular flexibility index (Phi) is 3.58. The average Bonchev–Trinajstić information content (AvgIpc) is 3.32. The number of aryl methyl sites for hydroxylation is 4. The summed E-state index contributed by atoms with van der Waals surface area (Å²) in [6.07, 6.45) is 3.58. The van der Waals surface area contributed by atoms with Crippen molar-refractivity contribution in [3.05, 3.63) is 71.0 Å². The van der Waals surface area contributed by atoms with Gasteiger partial charge < -0.3 is 9.13 Å². The molecule has 2 heterocycles. The third-order valence-electron chi connectivity index (χ3n) is 6.51. The Morgan fingerprint density at radius 3 is 1.44 bits per heavy atom. The van der Waals surface area contributed by atoms with E-state index in [0.29, 0.717) is 0 Å². The molecule has 2 nitrogen and oxygen atoms in total. The number of rotatable bonds is 2. The molecule has 0 spiro atoms. The first-order chi connectivity index (χ1) is 13.1. The molecular formula is C25H26N2. The molecule has 2 heteroatoms. The molecule has 1 aliphatic rings. The smallest absolute Gasteiger partial charge is 0.0485 e. The summed E-state index contributed by atoms with van der Waals surface area (Å²) in [7, 11) is 4.45. The van der Waals surface area contributed by atoms with Gasteiger partial charge in [-0.3, -0.25) is 0 Å². The molecule has 0 aliphatic heterocycles. The average molecular weight is 354 g/mol. The molecule has 4 aromatic rings. The van der Waals surface area contributed by atoms with Gasteiger partial charge in [-0.15, -0.1) is 0 Å². The monoisotopic (exact) mass is 354 g/mol. The third-order valence-corrected chi connectivity index (χ3v) is 6.51. The molecule has 0 saturated carbocycles. The predicted molar refractivity (Wildman–Crippen MR) is 116 cm³/mol. The molecular weight excluding hydrogens is 328 g/mol. The zero-order valence-electron chi connectivity index (χ0n) is 16.6. The molecule has 0 N–H and O–H groups in total. The second-order valence-corrected chi connectivity index (χ2v) is 7.91. The number of nitrogens with zero attached hydrogens (tertiary/aromatic N) is 2. The number of aromatic nitrogens is 2. The second-order valence-electron chi connectivity index (χ2n) is 7.91. The first-order valence-corrected chi connectivity index (χ1v) is 9.90. The van der Waals surface area contributed by atoms with Gasteiger partial charge in [0, 0.05) is 47.3 Å². The van der Waals surface area contributed by atoms with E-state index in [1.54, 1.807) is 11.1 Å². The maximum atomic E-state index is 2.41. The standard InChI is InChI=1S/C25H26N2/c1-16-18-10-5-7-14-22(18)26(3)24(16)20-12-9-13-21(20)25-17(2)19-11-6-8-15-23(19)27(25)4/h5-8,10-11,14-15H,9,12-13H2,1-4H3. The van der Waals surface area contributed by atoms with E-state index in [1.807, 2.05) is 0 Å². The van der Waals surface area contributed by atoms with E-state index < -0.39 is 0 Å². The van der Waals surface area contributed by atoms with E-state index in [2.05, 4.69) is 85.6 Å². The van der Waals surface area contributed by atoms with E-state index in [-0.39, 0.29) is 0 Å². The Hall–Kier alpha value is -2.74. The summed E-state index contributed by atoms with van der Waals surface area (Å²) >= 11 is 0. The van der Waals surface area contributed by atoms with Crippen LogP contribution >= 0.6 is 0 Å². The van der Waals surface area contributed by atoms with E-state index in [1.165, 1.54) is 63.6 Å². The predicted octanol–water partition coefficient (Wildman–Crippen LogP) is 6.38. The molecule has 1 aliphatic carbocycles. The van der Waals surface area contributed by atoms with Crippen molar-refractivity contribution in [2.24, 2.45) is 14.1 Å². The lowest BCUT2D eigenvalue weighted by Crippen LogP contribution is -2.01. The molecule has 136 valence electrons. The highest BCUT2D eigenvalue weighted by atomic mass is 15.0. The molecule has 0 atom stereocenters. The number of hydrogen-bond acceptors (Lipinski definition) is 0. The molecule has 0 saturated heterocycles. The summed E-state index contributed by atoms with van der Waals surface area (Å²) in [6, 6.07) is 17.6. The van der Waals surface area contributed by atoms with Crippen LogP contribution in [0.3, 0.4) is 0 Å². The zero-order chi connectivity index (χ0) is 18.7. The van der Waals surface area contributed by atoms with Crippen LogP contribution in [0.25, 0.3) is 33.0 Å². The van der Waals surface area contributed by atoms with Crippen LogP contribution in [0, 0.1) is 13.8 Å². The molecule has 0 amide bonds. The largest absolute Gasteiger partial charge is 0.344 e. The van der Waals surface area contributed by atoms with Crippen LogP contribution < -0.4 is 0 Å². The van der Waals surface area contributed by atoms with Crippen molar-refractivity contribution in [1.82, 2.24) is 9.13 Å². The van der Waals surface area contributed by atoms with Crippen LogP contribution in [-0.2, 0) is 14.1 Å². The number of allylic oxidation sites excluding steroid dienone is 2. The summed E-state index contributed by atoms with van der Waals surface area (Å²) in [6.45, 7) is 4.57. The maximum absolute atomic E-state index is 2.41. The van der Waals surface area contributed by atoms with Crippen LogP contribution in [-0.4, -0.2) is 9.13 Å². The Morgan fingerprint density at radius 1 is 0.630 bits per heavy atom. The van der Waals surface area contributed by atoms with Crippen molar-refractivity contribution in [2.45, 2.75) is 33.1 Å². The van der Waals surface area contributed by atoms with Gasteiger partial charge >= 0.3 is 0 Å². The molecule has 2 aromatic heterocycles. The minimum atomic E-state index is 1.17. The Labute approximate surface area is 160 Å². The fourth-order valence-corrected chi connectivity index (χ4v) is 5.29. The van der Waals surface area contributed by atoms with Gasteiger partial charge in [-0.1, -0.05) is 36.4 Å². The Balaban J connectivity index is 1.83. The van der Waals surface area contributed by atoms with Crippen LogP contribution in [0.4, 0.5) is 0 Å². The van der Waals surface area contributed by atoms with E-state index in [4.69, 9.17) is 0 Å². The normalized spacial score (nSPS) is 14.8. The maximum Gasteiger partial charge on any atom is 0.0485 e. The minimum Gasteiger partial charge on any atom is -0.344 e. The van der Waals surface area contributed by atoms with Crippen LogP contribution in [0.2, 0.25) is 0 Å². The number of benzene rings is 2. The second kappa shape index (κ2) is 5.88. The highest BCUT2D eigenvalue weighted by Crippen LogP contribution is 2.45. The van der Waals surface area contributed by atoms with Gasteiger partial charge in [-0.25, -0.2) is 0 Å². The Morgan fingerprint density at radius 2 is 1.04 bits per heavy atom. The van der Waals surface area contributed by atoms with Gasteiger partial charge in [0.05, 0.1) is 0 Å². The number of para-hydroxylation sites is 2. The van der Waals surface area contributed by atoms with Crippen LogP contribution in [0.1, 0.15) is 41.8 Å². The van der Waals surface area contributed by atoms with Gasteiger partial charge in [0.1, 0.15) is 0 Å². The SMILES string of the molecule is Cc1c(C2=C(c3c(C)c4ccccc4n3C)CCC2)n(C)c2ccccc12. The van der Waals surface area contributed by atoms with E-state index >= 15 is 0 Å². The first-order valence-electron chi connectivity index (χ1n) is 9.90. The van der Waals surface area contributed by atoms with E-state index in [0.717, 1.165) is 0 Å². The minimum absolute atomic E-state index is 1.17. The van der Waals surface area contributed by atoms with Crippen molar-refractivity contribution in [2.75, 3.05) is 0 Å². The van der Waals surface area contributed by atoms with Gasteiger partial charge in [-0.05, 0) is 67.5 Å². The van der Waals surface area contributed by atoms with E-state index in [9.17, 15) is 0 Å². The van der Waals surface area contributed by atoms with Gasteiger partial charge in [0.25, 0.3) is 0 Å². The number of fused-ring (bicyclic) bond motifs is 2. The quantitative estimate of drug-likeness (QED) is 0.395. The Bertz CT molecular complexity index is 1060. The molecule has 0 unspecified atom stereocenters. The first kappa shape index (κ1) is 16.4. The molecule has 27 heavy (non-hydrogen) atoms. The van der Waals surface area contributed by atoms with Crippen molar-refractivity contribution in [3.63, 3.8) is 0 Å². The van der Waals surface area contributed by atoms with Crippen molar-refractivity contribution < 1.29 is 0 Å². The zero-order valence-corrected chi connectivity index (χ0v) is 16.6. The number of hydrogen-bond donors (Lipinski definition) is 0. The summed E-state index contributed by atoms with van der Waals surface area (Å²) in [5.74, 6) is 0. The van der Waals surface area contributed by atoms with Crippen molar-refractivity contribution >= 4 is 33.0 Å². The molecule has 0 radical (unpaired) electrons. The fraction of sp³-hybridized carbons (Fsp3) is 0.280. The topological polar surface area (TPSA) is 9.86 Å². The molecule has 0 fully saturated rings. The summed E-state index contributed by atoms with van der Waals surface area (Å²) in [4.78, 5) is 0. The molecule has 0 bridgehead atoms. The summed E-state index contributed by atoms with van der Waals surface area (Å²) in [5.41, 5.74) is 11.4. The van der Waals surface area contributed by atoms with Crippen LogP contribution in [0.5, 0.6) is 0 Å². The van der Waals surface area contributed by atoms with Gasteiger partial charge in [-0.2, -0.15) is 0 Å². The van der Waals surface area contributed by atoms with Crippen LogP contribution in [0.15, 0.2) is 48.5 Å². The highest BCUT2D eigenvalue weighted by Gasteiger charge is 2.26. The van der Waals surface area contributed by atoms with Gasteiger partial charge in [0.15, 0.2) is 0 Å². The van der Waals surface area contributed by atoms with Crippen molar-refractivity contribution in [1.29, 1.82) is 0 Å². The summed E-state index contributed by atoms with van der Waals surface area (Å²) < 4.78 is 4.81. The summed E-state index contributed by atoms with van der Waals surface area (Å²) in [5, 5.41) is 2.75. The molecule has 2 aromatic carbocycles.